The molecule has 7 nitrogen and oxygen atoms in total. The van der Waals surface area contributed by atoms with E-state index < -0.39 is 29.9 Å². The van der Waals surface area contributed by atoms with E-state index in [9.17, 15) is 24.6 Å². The van der Waals surface area contributed by atoms with Crippen molar-refractivity contribution >= 4 is 17.9 Å². The lowest BCUT2D eigenvalue weighted by Crippen LogP contribution is -2.39. The number of carbonyl (C=O) groups excluding carboxylic acids is 1. The smallest absolute Gasteiger partial charge is 0.341 e. The van der Waals surface area contributed by atoms with Gasteiger partial charge in [-0.3, -0.25) is 4.79 Å². The van der Waals surface area contributed by atoms with Crippen molar-refractivity contribution in [3.63, 3.8) is 0 Å². The van der Waals surface area contributed by atoms with E-state index in [0.29, 0.717) is 5.56 Å². The Bertz CT molecular complexity index is 635. The minimum atomic E-state index is -2.55. The molecule has 0 aromatic heterocycles. The lowest BCUT2D eigenvalue weighted by atomic mass is 9.86. The van der Waals surface area contributed by atoms with Crippen molar-refractivity contribution in [3.05, 3.63) is 47.5 Å². The topological polar surface area (TPSA) is 121 Å². The van der Waals surface area contributed by atoms with Gasteiger partial charge < -0.3 is 20.1 Å². The monoisotopic (exact) mass is 322 g/mol. The van der Waals surface area contributed by atoms with Gasteiger partial charge >= 0.3 is 17.9 Å². The molecule has 0 aliphatic rings. The van der Waals surface area contributed by atoms with Crippen LogP contribution >= 0.6 is 0 Å². The largest absolute Gasteiger partial charge is 0.481 e. The molecule has 1 unspecified atom stereocenters. The summed E-state index contributed by atoms with van der Waals surface area (Å²) >= 11 is 0. The van der Waals surface area contributed by atoms with E-state index in [2.05, 4.69) is 6.58 Å². The van der Waals surface area contributed by atoms with E-state index in [0.717, 1.165) is 0 Å². The zero-order valence-corrected chi connectivity index (χ0v) is 12.6. The highest BCUT2D eigenvalue weighted by Crippen LogP contribution is 2.29. The molecule has 0 saturated heterocycles. The number of carboxylic acids is 2. The van der Waals surface area contributed by atoms with E-state index in [4.69, 9.17) is 9.84 Å². The predicted molar refractivity (Wildman–Crippen MR) is 79.7 cm³/mol. The molecule has 3 N–H and O–H groups in total. The maximum Gasteiger partial charge on any atom is 0.341 e. The van der Waals surface area contributed by atoms with Gasteiger partial charge in [-0.1, -0.05) is 30.8 Å². The van der Waals surface area contributed by atoms with Gasteiger partial charge in [-0.15, -0.1) is 0 Å². The number of hydrogen-bond acceptors (Lipinski definition) is 5. The average Bonchev–Trinajstić information content (AvgIpc) is 2.46. The minimum Gasteiger partial charge on any atom is -0.481 e. The van der Waals surface area contributed by atoms with Crippen molar-refractivity contribution in [2.45, 2.75) is 25.4 Å². The van der Waals surface area contributed by atoms with Gasteiger partial charge in [0.15, 0.2) is 5.60 Å². The first kappa shape index (κ1) is 18.4. The first-order valence-electron chi connectivity index (χ1n) is 6.77. The number of rotatable bonds is 8. The highest BCUT2D eigenvalue weighted by atomic mass is 16.5. The van der Waals surface area contributed by atoms with Crippen LogP contribution in [-0.4, -0.2) is 39.8 Å². The van der Waals surface area contributed by atoms with Crippen molar-refractivity contribution in [2.24, 2.45) is 0 Å². The van der Waals surface area contributed by atoms with Gasteiger partial charge in [-0.25, -0.2) is 9.59 Å². The van der Waals surface area contributed by atoms with Crippen LogP contribution in [0.25, 0.3) is 0 Å². The molecule has 0 radical (unpaired) electrons. The fourth-order valence-corrected chi connectivity index (χ4v) is 2.02. The normalized spacial score (nSPS) is 13.0. The average molecular weight is 322 g/mol. The SMILES string of the molecule is C=C(C)C(=O)OCCc1ccccc1C(O)(CC(=O)O)C(=O)O. The molecule has 0 amide bonds. The highest BCUT2D eigenvalue weighted by molar-refractivity contribution is 5.87. The molecule has 0 bridgehead atoms. The molecule has 0 aliphatic heterocycles. The molecule has 0 heterocycles. The summed E-state index contributed by atoms with van der Waals surface area (Å²) in [6, 6.07) is 5.99. The zero-order valence-electron chi connectivity index (χ0n) is 12.6. The molecule has 0 fully saturated rings. The van der Waals surface area contributed by atoms with Crippen LogP contribution in [0.3, 0.4) is 0 Å². The summed E-state index contributed by atoms with van der Waals surface area (Å²) in [6.45, 7) is 4.88. The second-order valence-electron chi connectivity index (χ2n) is 5.06. The van der Waals surface area contributed by atoms with Gasteiger partial charge in [0.25, 0.3) is 0 Å². The summed E-state index contributed by atoms with van der Waals surface area (Å²) in [5.41, 5.74) is -1.98. The van der Waals surface area contributed by atoms with Gasteiger partial charge in [-0.2, -0.15) is 0 Å². The molecule has 1 aromatic rings. The van der Waals surface area contributed by atoms with Crippen molar-refractivity contribution < 1.29 is 34.4 Å². The first-order chi connectivity index (χ1) is 10.7. The third-order valence-electron chi connectivity index (χ3n) is 3.18. The van der Waals surface area contributed by atoms with E-state index in [1.54, 1.807) is 12.1 Å². The van der Waals surface area contributed by atoms with Gasteiger partial charge in [-0.05, 0) is 18.1 Å². The quantitative estimate of drug-likeness (QED) is 0.484. The van der Waals surface area contributed by atoms with E-state index in [1.807, 2.05) is 0 Å². The van der Waals surface area contributed by atoms with Crippen molar-refractivity contribution in [1.29, 1.82) is 0 Å². The van der Waals surface area contributed by atoms with Crippen LogP contribution in [0.2, 0.25) is 0 Å². The summed E-state index contributed by atoms with van der Waals surface area (Å²) in [5.74, 6) is -3.69. The van der Waals surface area contributed by atoms with E-state index in [1.165, 1.54) is 19.1 Å². The molecule has 124 valence electrons. The van der Waals surface area contributed by atoms with Gasteiger partial charge in [0.05, 0.1) is 13.0 Å². The van der Waals surface area contributed by atoms with Crippen LogP contribution in [0.4, 0.5) is 0 Å². The van der Waals surface area contributed by atoms with Gasteiger partial charge in [0.1, 0.15) is 0 Å². The fraction of sp³-hybridized carbons (Fsp3) is 0.312. The fourth-order valence-electron chi connectivity index (χ4n) is 2.02. The third kappa shape index (κ3) is 4.65. The van der Waals surface area contributed by atoms with Crippen molar-refractivity contribution in [1.82, 2.24) is 0 Å². The number of carbonyl (C=O) groups is 3. The maximum absolute atomic E-state index is 11.4. The van der Waals surface area contributed by atoms with Crippen LogP contribution in [-0.2, 0) is 31.1 Å². The highest BCUT2D eigenvalue weighted by Gasteiger charge is 2.41. The maximum atomic E-state index is 11.4. The molecule has 0 saturated carbocycles. The molecular weight excluding hydrogens is 304 g/mol. The molecule has 23 heavy (non-hydrogen) atoms. The van der Waals surface area contributed by atoms with Crippen LogP contribution in [0.5, 0.6) is 0 Å². The third-order valence-corrected chi connectivity index (χ3v) is 3.18. The van der Waals surface area contributed by atoms with E-state index in [-0.39, 0.29) is 24.2 Å². The van der Waals surface area contributed by atoms with Crippen LogP contribution in [0, 0.1) is 0 Å². The van der Waals surface area contributed by atoms with Crippen LogP contribution in [0.15, 0.2) is 36.4 Å². The summed E-state index contributed by atoms with van der Waals surface area (Å²) in [4.78, 5) is 33.6. The van der Waals surface area contributed by atoms with Crippen LogP contribution in [0.1, 0.15) is 24.5 Å². The Balaban J connectivity index is 3.03. The standard InChI is InChI=1S/C16H18O7/c1-10(2)14(19)23-8-7-11-5-3-4-6-12(11)16(22,15(20)21)9-13(17)18/h3-6,22H,1,7-9H2,2H3,(H,17,18)(H,20,21). The number of benzene rings is 1. The molecule has 1 atom stereocenters. The Morgan fingerprint density at radius 1 is 1.22 bits per heavy atom. The lowest BCUT2D eigenvalue weighted by Gasteiger charge is -2.24. The lowest BCUT2D eigenvalue weighted by molar-refractivity contribution is -0.166. The molecular formula is C16H18O7. The molecule has 0 spiro atoms. The Morgan fingerprint density at radius 3 is 2.35 bits per heavy atom. The summed E-state index contributed by atoms with van der Waals surface area (Å²) in [6.07, 6.45) is -0.852. The van der Waals surface area contributed by atoms with Crippen molar-refractivity contribution in [2.75, 3.05) is 6.61 Å². The van der Waals surface area contributed by atoms with Crippen LogP contribution < -0.4 is 0 Å². The number of carboxylic acid groups (broad SMARTS) is 2. The summed E-state index contributed by atoms with van der Waals surface area (Å²) in [7, 11) is 0. The number of ether oxygens (including phenoxy) is 1. The Morgan fingerprint density at radius 2 is 1.83 bits per heavy atom. The predicted octanol–water partition coefficient (Wildman–Crippen LogP) is 1.10. The molecule has 1 aromatic carbocycles. The molecule has 7 heteroatoms. The number of aliphatic hydroxyl groups is 1. The summed E-state index contributed by atoms with van der Waals surface area (Å²) in [5, 5.41) is 28.4. The Hall–Kier alpha value is -2.67. The Labute approximate surface area is 132 Å². The first-order valence-corrected chi connectivity index (χ1v) is 6.77. The second-order valence-corrected chi connectivity index (χ2v) is 5.06. The Kier molecular flexibility index (Phi) is 6.03. The van der Waals surface area contributed by atoms with Gasteiger partial charge in [0, 0.05) is 12.0 Å². The zero-order chi connectivity index (χ0) is 17.6. The minimum absolute atomic E-state index is 0.0405. The number of aliphatic carboxylic acids is 2. The van der Waals surface area contributed by atoms with Crippen molar-refractivity contribution in [3.8, 4) is 0 Å². The van der Waals surface area contributed by atoms with Gasteiger partial charge in [0.2, 0.25) is 0 Å². The molecule has 0 aliphatic carbocycles. The number of esters is 1. The molecule has 1 rings (SSSR count). The van der Waals surface area contributed by atoms with E-state index >= 15 is 0 Å². The summed E-state index contributed by atoms with van der Waals surface area (Å²) < 4.78 is 4.93. The second kappa shape index (κ2) is 7.55. The number of hydrogen-bond donors (Lipinski definition) is 3.